The molecule has 0 aliphatic carbocycles. The predicted octanol–water partition coefficient (Wildman–Crippen LogP) is 2.11. The number of carbonyl (C=O) groups excluding carboxylic acids is 2. The Morgan fingerprint density at radius 1 is 1.32 bits per heavy atom. The number of thioether (sulfide) groups is 1. The molecule has 4 nitrogen and oxygen atoms in total. The Morgan fingerprint density at radius 3 is 2.74 bits per heavy atom. The quantitative estimate of drug-likeness (QED) is 0.799. The first-order valence-electron chi connectivity index (χ1n) is 6.50. The number of carbonyl (C=O) groups is 2. The summed E-state index contributed by atoms with van der Waals surface area (Å²) in [5, 5.41) is 2.85. The summed E-state index contributed by atoms with van der Waals surface area (Å²) in [7, 11) is 0. The summed E-state index contributed by atoms with van der Waals surface area (Å²) in [4.78, 5) is 27.6. The summed E-state index contributed by atoms with van der Waals surface area (Å²) in [6, 6.07) is 7.60. The van der Waals surface area contributed by atoms with Crippen molar-refractivity contribution in [3.63, 3.8) is 0 Å². The number of nitrogens with zero attached hydrogens (tertiary/aromatic N) is 1. The van der Waals surface area contributed by atoms with Crippen LogP contribution in [-0.4, -0.2) is 34.6 Å². The lowest BCUT2D eigenvalue weighted by atomic mass is 10.1. The molecule has 0 spiro atoms. The van der Waals surface area contributed by atoms with Gasteiger partial charge in [0.15, 0.2) is 4.75 Å². The van der Waals surface area contributed by atoms with E-state index in [-0.39, 0.29) is 11.8 Å². The summed E-state index contributed by atoms with van der Waals surface area (Å²) in [6.45, 7) is 3.26. The second-order valence-corrected chi connectivity index (χ2v) is 6.55. The van der Waals surface area contributed by atoms with E-state index in [0.29, 0.717) is 0 Å². The van der Waals surface area contributed by atoms with Crippen molar-refractivity contribution in [2.45, 2.75) is 29.4 Å². The molecule has 0 saturated carbocycles. The fraction of sp³-hybridized carbons (Fsp3) is 0.429. The van der Waals surface area contributed by atoms with E-state index in [2.05, 4.69) is 5.32 Å². The average molecular weight is 276 g/mol. The van der Waals surface area contributed by atoms with E-state index < -0.39 is 4.75 Å². The van der Waals surface area contributed by atoms with Crippen LogP contribution in [0.4, 0.5) is 5.69 Å². The second-order valence-electron chi connectivity index (χ2n) is 5.08. The van der Waals surface area contributed by atoms with E-state index in [0.717, 1.165) is 36.5 Å². The Bertz CT molecular complexity index is 540. The minimum absolute atomic E-state index is 0.0676. The number of likely N-dealkylation sites (tertiary alicyclic amines) is 1. The van der Waals surface area contributed by atoms with E-state index in [1.54, 1.807) is 11.8 Å². The van der Waals surface area contributed by atoms with Crippen LogP contribution in [0.1, 0.15) is 19.8 Å². The molecule has 1 N–H and O–H groups in total. The minimum atomic E-state index is -1.04. The molecule has 2 aliphatic rings. The number of amides is 2. The normalized spacial score (nSPS) is 25.9. The molecule has 2 aliphatic heterocycles. The van der Waals surface area contributed by atoms with Crippen LogP contribution in [0.25, 0.3) is 0 Å². The van der Waals surface area contributed by atoms with E-state index >= 15 is 0 Å². The van der Waals surface area contributed by atoms with E-state index in [4.69, 9.17) is 0 Å². The zero-order valence-corrected chi connectivity index (χ0v) is 11.6. The molecule has 3 rings (SSSR count). The summed E-state index contributed by atoms with van der Waals surface area (Å²) in [5.74, 6) is -0.282. The van der Waals surface area contributed by atoms with Crippen molar-refractivity contribution in [3.05, 3.63) is 24.3 Å². The standard InChI is InChI=1S/C14H16N2O2S/c1-14(13(18)16-8-4-5-9-16)12(17)15-10-6-2-3-7-11(10)19-14/h2-3,6-7H,4-5,8-9H2,1H3,(H,15,17)/t14-/m1/s1. The van der Waals surface area contributed by atoms with Crippen LogP contribution in [0, 0.1) is 0 Å². The maximum Gasteiger partial charge on any atom is 0.250 e. The number of fused-ring (bicyclic) bond motifs is 1. The lowest BCUT2D eigenvalue weighted by molar-refractivity contribution is -0.136. The highest BCUT2D eigenvalue weighted by atomic mass is 32.2. The first kappa shape index (κ1) is 12.5. The molecule has 0 radical (unpaired) electrons. The third-order valence-corrected chi connectivity index (χ3v) is 5.03. The highest BCUT2D eigenvalue weighted by Gasteiger charge is 2.48. The van der Waals surface area contributed by atoms with Crippen molar-refractivity contribution >= 4 is 29.3 Å². The number of benzene rings is 1. The van der Waals surface area contributed by atoms with Crippen LogP contribution >= 0.6 is 11.8 Å². The average Bonchev–Trinajstić information content (AvgIpc) is 2.93. The number of rotatable bonds is 1. The number of nitrogens with one attached hydrogen (secondary N) is 1. The topological polar surface area (TPSA) is 49.4 Å². The lowest BCUT2D eigenvalue weighted by Gasteiger charge is -2.34. The van der Waals surface area contributed by atoms with Gasteiger partial charge in [-0.25, -0.2) is 0 Å². The van der Waals surface area contributed by atoms with Gasteiger partial charge in [0.05, 0.1) is 5.69 Å². The molecule has 1 saturated heterocycles. The summed E-state index contributed by atoms with van der Waals surface area (Å²) in [5.41, 5.74) is 0.796. The highest BCUT2D eigenvalue weighted by Crippen LogP contribution is 2.43. The van der Waals surface area contributed by atoms with Gasteiger partial charge < -0.3 is 10.2 Å². The van der Waals surface area contributed by atoms with Crippen molar-refractivity contribution in [1.29, 1.82) is 0 Å². The molecule has 1 atom stereocenters. The molecule has 0 bridgehead atoms. The fourth-order valence-electron chi connectivity index (χ4n) is 2.53. The van der Waals surface area contributed by atoms with Gasteiger partial charge in [0.1, 0.15) is 0 Å². The largest absolute Gasteiger partial charge is 0.341 e. The van der Waals surface area contributed by atoms with E-state index in [9.17, 15) is 9.59 Å². The van der Waals surface area contributed by atoms with Gasteiger partial charge in [0, 0.05) is 18.0 Å². The predicted molar refractivity (Wildman–Crippen MR) is 75.1 cm³/mol. The molecule has 1 fully saturated rings. The Labute approximate surface area is 116 Å². The summed E-state index contributed by atoms with van der Waals surface area (Å²) >= 11 is 1.36. The number of hydrogen-bond donors (Lipinski definition) is 1. The van der Waals surface area contributed by atoms with E-state index in [1.807, 2.05) is 24.3 Å². The molecule has 5 heteroatoms. The summed E-state index contributed by atoms with van der Waals surface area (Å²) < 4.78 is -1.04. The maximum atomic E-state index is 12.6. The first-order valence-corrected chi connectivity index (χ1v) is 7.32. The molecule has 2 heterocycles. The smallest absolute Gasteiger partial charge is 0.250 e. The molecule has 0 aromatic heterocycles. The Balaban J connectivity index is 1.91. The molecule has 100 valence electrons. The van der Waals surface area contributed by atoms with Crippen molar-refractivity contribution < 1.29 is 9.59 Å². The van der Waals surface area contributed by atoms with Gasteiger partial charge >= 0.3 is 0 Å². The zero-order chi connectivity index (χ0) is 13.5. The Hall–Kier alpha value is -1.49. The minimum Gasteiger partial charge on any atom is -0.341 e. The third kappa shape index (κ3) is 2.02. The Morgan fingerprint density at radius 2 is 2.00 bits per heavy atom. The van der Waals surface area contributed by atoms with Crippen LogP contribution < -0.4 is 5.32 Å². The van der Waals surface area contributed by atoms with Crippen molar-refractivity contribution in [1.82, 2.24) is 4.90 Å². The molecule has 0 unspecified atom stereocenters. The fourth-order valence-corrected chi connectivity index (χ4v) is 3.71. The SMILES string of the molecule is C[C@@]1(C(=O)N2CCCC2)Sc2ccccc2NC1=O. The summed E-state index contributed by atoms with van der Waals surface area (Å²) in [6.07, 6.45) is 2.06. The van der Waals surface area contributed by atoms with Gasteiger partial charge in [-0.2, -0.15) is 0 Å². The Kier molecular flexibility index (Phi) is 3.01. The van der Waals surface area contributed by atoms with Crippen LogP contribution in [-0.2, 0) is 9.59 Å². The number of para-hydroxylation sites is 1. The van der Waals surface area contributed by atoms with Gasteiger partial charge in [-0.3, -0.25) is 9.59 Å². The van der Waals surface area contributed by atoms with Gasteiger partial charge in [-0.05, 0) is 31.9 Å². The zero-order valence-electron chi connectivity index (χ0n) is 10.8. The molecular weight excluding hydrogens is 260 g/mol. The van der Waals surface area contributed by atoms with Crippen LogP contribution in [0.3, 0.4) is 0 Å². The van der Waals surface area contributed by atoms with Crippen LogP contribution in [0.15, 0.2) is 29.2 Å². The number of anilines is 1. The van der Waals surface area contributed by atoms with Crippen LogP contribution in [0.2, 0.25) is 0 Å². The number of hydrogen-bond acceptors (Lipinski definition) is 3. The van der Waals surface area contributed by atoms with Gasteiger partial charge in [-0.1, -0.05) is 23.9 Å². The van der Waals surface area contributed by atoms with Gasteiger partial charge in [-0.15, -0.1) is 0 Å². The van der Waals surface area contributed by atoms with E-state index in [1.165, 1.54) is 11.8 Å². The second kappa shape index (κ2) is 4.56. The van der Waals surface area contributed by atoms with Crippen molar-refractivity contribution in [3.8, 4) is 0 Å². The molecule has 2 amide bonds. The molecular formula is C14H16N2O2S. The molecule has 19 heavy (non-hydrogen) atoms. The first-order chi connectivity index (χ1) is 9.11. The molecule has 1 aromatic carbocycles. The van der Waals surface area contributed by atoms with Crippen molar-refractivity contribution in [2.75, 3.05) is 18.4 Å². The van der Waals surface area contributed by atoms with Crippen LogP contribution in [0.5, 0.6) is 0 Å². The van der Waals surface area contributed by atoms with Crippen molar-refractivity contribution in [2.24, 2.45) is 0 Å². The van der Waals surface area contributed by atoms with Gasteiger partial charge in [0.25, 0.3) is 0 Å². The van der Waals surface area contributed by atoms with Gasteiger partial charge in [0.2, 0.25) is 11.8 Å². The molecule has 1 aromatic rings. The highest BCUT2D eigenvalue weighted by molar-refractivity contribution is 8.02. The lowest BCUT2D eigenvalue weighted by Crippen LogP contribution is -2.52. The third-order valence-electron chi connectivity index (χ3n) is 3.68. The monoisotopic (exact) mass is 276 g/mol. The maximum absolute atomic E-state index is 12.6.